The highest BCUT2D eigenvalue weighted by Crippen LogP contribution is 2.32. The molecule has 2 aromatic heterocycles. The fourth-order valence-electron chi connectivity index (χ4n) is 1.05. The van der Waals surface area contributed by atoms with Crippen LogP contribution < -0.4 is 0 Å². The van der Waals surface area contributed by atoms with Gasteiger partial charge in [0.2, 0.25) is 0 Å². The van der Waals surface area contributed by atoms with Crippen LogP contribution in [0.25, 0.3) is 10.1 Å². The molecule has 0 aliphatic heterocycles. The second kappa shape index (κ2) is 3.43. The van der Waals surface area contributed by atoms with Crippen molar-refractivity contribution in [1.29, 1.82) is 0 Å². The lowest BCUT2D eigenvalue weighted by Crippen LogP contribution is -1.88. The highest BCUT2D eigenvalue weighted by atomic mass is 32.1. The number of hydrogen-bond donors (Lipinski definition) is 0. The van der Waals surface area contributed by atoms with Crippen LogP contribution in [0.5, 0.6) is 0 Å². The van der Waals surface area contributed by atoms with E-state index in [1.807, 2.05) is 5.38 Å². The van der Waals surface area contributed by atoms with E-state index in [9.17, 15) is 9.18 Å². The molecule has 0 atom stereocenters. The van der Waals surface area contributed by atoms with Gasteiger partial charge in [-0.3, -0.25) is 4.79 Å². The first-order chi connectivity index (χ1) is 6.33. The van der Waals surface area contributed by atoms with Crippen molar-refractivity contribution in [3.05, 3.63) is 21.5 Å². The van der Waals surface area contributed by atoms with E-state index in [2.05, 4.69) is 4.74 Å². The Balaban J connectivity index is 2.39. The molecule has 0 amide bonds. The number of fused-ring (bicyclic) bond motifs is 1. The molecular formula is C8H5FO2S2. The monoisotopic (exact) mass is 216 g/mol. The lowest BCUT2D eigenvalue weighted by molar-refractivity contribution is -0.129. The SMILES string of the molecule is O=COCc1sc2cscc2c1F. The minimum Gasteiger partial charge on any atom is -0.462 e. The summed E-state index contributed by atoms with van der Waals surface area (Å²) in [7, 11) is 0. The zero-order valence-corrected chi connectivity index (χ0v) is 8.08. The van der Waals surface area contributed by atoms with E-state index in [0.717, 1.165) is 4.70 Å². The molecule has 0 saturated carbocycles. The van der Waals surface area contributed by atoms with E-state index in [4.69, 9.17) is 0 Å². The van der Waals surface area contributed by atoms with Gasteiger partial charge in [-0.25, -0.2) is 4.39 Å². The van der Waals surface area contributed by atoms with Gasteiger partial charge >= 0.3 is 0 Å². The summed E-state index contributed by atoms with van der Waals surface area (Å²) in [5.41, 5.74) is 0. The Morgan fingerprint density at radius 3 is 3.08 bits per heavy atom. The largest absolute Gasteiger partial charge is 0.462 e. The molecule has 2 rings (SSSR count). The van der Waals surface area contributed by atoms with Crippen molar-refractivity contribution in [2.45, 2.75) is 6.61 Å². The highest BCUT2D eigenvalue weighted by Gasteiger charge is 2.12. The van der Waals surface area contributed by atoms with Crippen molar-refractivity contribution in [2.75, 3.05) is 0 Å². The molecule has 2 aromatic rings. The average Bonchev–Trinajstić information content (AvgIpc) is 2.67. The van der Waals surface area contributed by atoms with Crippen LogP contribution in [0.4, 0.5) is 4.39 Å². The molecule has 0 N–H and O–H groups in total. The predicted molar refractivity (Wildman–Crippen MR) is 50.5 cm³/mol. The van der Waals surface area contributed by atoms with Crippen LogP contribution in [0.15, 0.2) is 10.8 Å². The van der Waals surface area contributed by atoms with Crippen LogP contribution in [0, 0.1) is 5.82 Å². The molecule has 0 unspecified atom stereocenters. The molecule has 0 aromatic carbocycles. The zero-order chi connectivity index (χ0) is 9.26. The van der Waals surface area contributed by atoms with Gasteiger partial charge in [-0.15, -0.1) is 11.3 Å². The van der Waals surface area contributed by atoms with Gasteiger partial charge in [-0.2, -0.15) is 11.3 Å². The maximum atomic E-state index is 13.4. The summed E-state index contributed by atoms with van der Waals surface area (Å²) in [5, 5.41) is 4.26. The summed E-state index contributed by atoms with van der Waals surface area (Å²) in [6.07, 6.45) is 0. The van der Waals surface area contributed by atoms with Crippen LogP contribution in [0.1, 0.15) is 4.88 Å². The molecule has 2 nitrogen and oxygen atoms in total. The number of rotatable bonds is 3. The van der Waals surface area contributed by atoms with Crippen molar-refractivity contribution >= 4 is 39.2 Å². The molecule has 0 spiro atoms. The molecule has 2 heterocycles. The normalized spacial score (nSPS) is 10.5. The second-order valence-corrected chi connectivity index (χ2v) is 4.28. The number of carbonyl (C=O) groups excluding carboxylic acids is 1. The molecule has 5 heteroatoms. The van der Waals surface area contributed by atoms with Gasteiger partial charge in [0.15, 0.2) is 0 Å². The standard InChI is InChI=1S/C8H5FO2S2/c9-8-5-2-12-3-7(5)13-6(8)1-11-4-10/h2-4H,1H2. The third kappa shape index (κ3) is 1.45. The summed E-state index contributed by atoms with van der Waals surface area (Å²) in [6.45, 7) is 0.353. The molecule has 68 valence electrons. The van der Waals surface area contributed by atoms with E-state index in [0.29, 0.717) is 16.7 Å². The van der Waals surface area contributed by atoms with Gasteiger partial charge in [-0.05, 0) is 0 Å². The zero-order valence-electron chi connectivity index (χ0n) is 6.45. The molecule has 0 fully saturated rings. The van der Waals surface area contributed by atoms with E-state index in [-0.39, 0.29) is 12.4 Å². The van der Waals surface area contributed by atoms with Crippen LogP contribution >= 0.6 is 22.7 Å². The smallest absolute Gasteiger partial charge is 0.293 e. The third-order valence-electron chi connectivity index (χ3n) is 1.62. The number of hydrogen-bond acceptors (Lipinski definition) is 4. The minimum atomic E-state index is -0.261. The Hall–Kier alpha value is -0.940. The van der Waals surface area contributed by atoms with Crippen LogP contribution in [0.3, 0.4) is 0 Å². The fourth-order valence-corrected chi connectivity index (χ4v) is 3.02. The Morgan fingerprint density at radius 1 is 1.54 bits per heavy atom. The first-order valence-corrected chi connectivity index (χ1v) is 5.27. The average molecular weight is 216 g/mol. The fraction of sp³-hybridized carbons (Fsp3) is 0.125. The highest BCUT2D eigenvalue weighted by molar-refractivity contribution is 7.22. The summed E-state index contributed by atoms with van der Waals surface area (Å²) >= 11 is 2.79. The van der Waals surface area contributed by atoms with Gasteiger partial charge in [0, 0.05) is 20.8 Å². The minimum absolute atomic E-state index is 0.0271. The Labute approximate surface area is 81.6 Å². The van der Waals surface area contributed by atoms with E-state index in [1.54, 1.807) is 5.38 Å². The van der Waals surface area contributed by atoms with Gasteiger partial charge in [-0.1, -0.05) is 0 Å². The maximum absolute atomic E-state index is 13.4. The molecule has 0 bridgehead atoms. The van der Waals surface area contributed by atoms with E-state index < -0.39 is 0 Å². The van der Waals surface area contributed by atoms with E-state index in [1.165, 1.54) is 22.7 Å². The molecular weight excluding hydrogens is 211 g/mol. The Morgan fingerprint density at radius 2 is 2.38 bits per heavy atom. The van der Waals surface area contributed by atoms with Crippen LogP contribution in [-0.2, 0) is 16.1 Å². The first kappa shape index (κ1) is 8.65. The summed E-state index contributed by atoms with van der Waals surface area (Å²) in [5.74, 6) is -0.261. The van der Waals surface area contributed by atoms with Gasteiger partial charge in [0.1, 0.15) is 12.4 Å². The number of carbonyl (C=O) groups is 1. The van der Waals surface area contributed by atoms with Crippen molar-refractivity contribution in [3.63, 3.8) is 0 Å². The quantitative estimate of drug-likeness (QED) is 0.737. The lowest BCUT2D eigenvalue weighted by atomic mass is 10.3. The van der Waals surface area contributed by atoms with Crippen LogP contribution in [0.2, 0.25) is 0 Å². The summed E-state index contributed by atoms with van der Waals surface area (Å²) in [6, 6.07) is 0. The number of thiophene rings is 2. The van der Waals surface area contributed by atoms with Crippen LogP contribution in [-0.4, -0.2) is 6.47 Å². The first-order valence-electron chi connectivity index (χ1n) is 3.51. The maximum Gasteiger partial charge on any atom is 0.293 e. The number of halogens is 1. The predicted octanol–water partition coefficient (Wildman–Crippen LogP) is 2.77. The van der Waals surface area contributed by atoms with E-state index >= 15 is 0 Å². The van der Waals surface area contributed by atoms with Gasteiger partial charge < -0.3 is 4.74 Å². The molecule has 0 radical (unpaired) electrons. The van der Waals surface area contributed by atoms with Crippen molar-refractivity contribution in [1.82, 2.24) is 0 Å². The van der Waals surface area contributed by atoms with Crippen molar-refractivity contribution in [3.8, 4) is 0 Å². The molecule has 0 aliphatic rings. The second-order valence-electron chi connectivity index (χ2n) is 2.40. The number of ether oxygens (including phenoxy) is 1. The van der Waals surface area contributed by atoms with Gasteiger partial charge in [0.25, 0.3) is 6.47 Å². The molecule has 0 saturated heterocycles. The molecule has 0 aliphatic carbocycles. The Kier molecular flexibility index (Phi) is 2.28. The lowest BCUT2D eigenvalue weighted by Gasteiger charge is -1.93. The topological polar surface area (TPSA) is 26.3 Å². The molecule has 13 heavy (non-hydrogen) atoms. The third-order valence-corrected chi connectivity index (χ3v) is 3.62. The van der Waals surface area contributed by atoms with Crippen molar-refractivity contribution < 1.29 is 13.9 Å². The summed E-state index contributed by atoms with van der Waals surface area (Å²) < 4.78 is 18.8. The van der Waals surface area contributed by atoms with Gasteiger partial charge in [0.05, 0.1) is 4.88 Å². The summed E-state index contributed by atoms with van der Waals surface area (Å²) in [4.78, 5) is 10.4. The Bertz CT molecular complexity index is 432. The van der Waals surface area contributed by atoms with Crippen molar-refractivity contribution in [2.24, 2.45) is 0 Å².